The lowest BCUT2D eigenvalue weighted by atomic mass is 10.0. The monoisotopic (exact) mass is 357 g/mol. The van der Waals surface area contributed by atoms with Crippen LogP contribution in [0.4, 0.5) is 17.1 Å². The Morgan fingerprint density at radius 1 is 1.08 bits per heavy atom. The van der Waals surface area contributed by atoms with Crippen LogP contribution in [0.15, 0.2) is 42.5 Å². The minimum Gasteiger partial charge on any atom is -0.399 e. The van der Waals surface area contributed by atoms with Crippen molar-refractivity contribution in [1.82, 2.24) is 0 Å². The van der Waals surface area contributed by atoms with Crippen LogP contribution in [0.3, 0.4) is 0 Å². The molecule has 0 aromatic heterocycles. The van der Waals surface area contributed by atoms with Crippen LogP contribution in [0.5, 0.6) is 0 Å². The molecule has 6 nitrogen and oxygen atoms in total. The molecule has 0 radical (unpaired) electrons. The molecular formula is C20H27N3O3. The number of rotatable bonds is 9. The molecule has 6 heteroatoms. The Balaban J connectivity index is 2.44. The van der Waals surface area contributed by atoms with Crippen LogP contribution in [0, 0.1) is 0 Å². The summed E-state index contributed by atoms with van der Waals surface area (Å²) in [6, 6.07) is 13.6. The van der Waals surface area contributed by atoms with E-state index in [2.05, 4.69) is 10.2 Å². The van der Waals surface area contributed by atoms with E-state index in [0.717, 1.165) is 35.6 Å². The number of amides is 1. The molecule has 2 aromatic carbocycles. The Morgan fingerprint density at radius 2 is 1.77 bits per heavy atom. The molecule has 0 fully saturated rings. The summed E-state index contributed by atoms with van der Waals surface area (Å²) < 4.78 is 10.5. The van der Waals surface area contributed by atoms with Gasteiger partial charge in [-0.15, -0.1) is 0 Å². The number of anilines is 3. The third-order valence-electron chi connectivity index (χ3n) is 3.99. The summed E-state index contributed by atoms with van der Waals surface area (Å²) in [5, 5.41) is 2.82. The molecule has 0 saturated carbocycles. The van der Waals surface area contributed by atoms with Gasteiger partial charge in [0.05, 0.1) is 13.2 Å². The lowest BCUT2D eigenvalue weighted by molar-refractivity contribution is -0.114. The zero-order chi connectivity index (χ0) is 18.9. The number of hydrogen-bond acceptors (Lipinski definition) is 5. The second kappa shape index (κ2) is 9.79. The van der Waals surface area contributed by atoms with Gasteiger partial charge in [-0.3, -0.25) is 4.79 Å². The van der Waals surface area contributed by atoms with Gasteiger partial charge in [0.2, 0.25) is 5.91 Å². The molecule has 0 heterocycles. The van der Waals surface area contributed by atoms with E-state index in [1.165, 1.54) is 6.92 Å². The number of nitrogens with zero attached hydrogens (tertiary/aromatic N) is 1. The predicted molar refractivity (Wildman–Crippen MR) is 107 cm³/mol. The molecule has 3 N–H and O–H groups in total. The third-order valence-corrected chi connectivity index (χ3v) is 3.99. The van der Waals surface area contributed by atoms with Crippen LogP contribution >= 0.6 is 0 Å². The van der Waals surface area contributed by atoms with E-state index in [4.69, 9.17) is 15.2 Å². The average molecular weight is 357 g/mol. The standard InChI is InChI=1S/C20H27N3O3/c1-15(24)22-18-6-4-5-16(13-18)19-14-17(21)7-8-20(19)23(9-11-25-2)10-12-26-3/h4-8,13-14H,9-12,21H2,1-3H3,(H,22,24). The Labute approximate surface area is 154 Å². The summed E-state index contributed by atoms with van der Waals surface area (Å²) in [7, 11) is 3.38. The molecular weight excluding hydrogens is 330 g/mol. The average Bonchev–Trinajstić information content (AvgIpc) is 2.62. The first-order chi connectivity index (χ1) is 12.5. The molecule has 0 unspecified atom stereocenters. The fraction of sp³-hybridized carbons (Fsp3) is 0.350. The second-order valence-electron chi connectivity index (χ2n) is 6.01. The molecule has 0 bridgehead atoms. The number of carbonyl (C=O) groups is 1. The highest BCUT2D eigenvalue weighted by Gasteiger charge is 2.14. The number of benzene rings is 2. The van der Waals surface area contributed by atoms with E-state index >= 15 is 0 Å². The van der Waals surface area contributed by atoms with Crippen molar-refractivity contribution < 1.29 is 14.3 Å². The minimum absolute atomic E-state index is 0.100. The van der Waals surface area contributed by atoms with Crippen LogP contribution in [-0.2, 0) is 14.3 Å². The zero-order valence-electron chi connectivity index (χ0n) is 15.6. The maximum Gasteiger partial charge on any atom is 0.221 e. The van der Waals surface area contributed by atoms with E-state index < -0.39 is 0 Å². The van der Waals surface area contributed by atoms with Crippen molar-refractivity contribution in [2.75, 3.05) is 56.5 Å². The molecule has 2 rings (SSSR count). The molecule has 140 valence electrons. The molecule has 0 atom stereocenters. The van der Waals surface area contributed by atoms with Gasteiger partial charge >= 0.3 is 0 Å². The summed E-state index contributed by atoms with van der Waals surface area (Å²) in [6.07, 6.45) is 0. The maximum atomic E-state index is 11.4. The molecule has 0 saturated heterocycles. The summed E-state index contributed by atoms with van der Waals surface area (Å²) >= 11 is 0. The fourth-order valence-corrected chi connectivity index (χ4v) is 2.78. The third kappa shape index (κ3) is 5.47. The Hall–Kier alpha value is -2.57. The molecule has 0 aliphatic rings. The van der Waals surface area contributed by atoms with Gasteiger partial charge < -0.3 is 25.4 Å². The van der Waals surface area contributed by atoms with E-state index in [1.807, 2.05) is 42.5 Å². The largest absolute Gasteiger partial charge is 0.399 e. The quantitative estimate of drug-likeness (QED) is 0.675. The normalized spacial score (nSPS) is 10.6. The molecule has 0 aliphatic carbocycles. The van der Waals surface area contributed by atoms with Crippen molar-refractivity contribution in [1.29, 1.82) is 0 Å². The van der Waals surface area contributed by atoms with Gasteiger partial charge in [0.15, 0.2) is 0 Å². The number of nitrogens with one attached hydrogen (secondary N) is 1. The van der Waals surface area contributed by atoms with Crippen LogP contribution in [0.1, 0.15) is 6.92 Å². The van der Waals surface area contributed by atoms with Gasteiger partial charge in [0.25, 0.3) is 0 Å². The molecule has 2 aromatic rings. The molecule has 0 spiro atoms. The number of ether oxygens (including phenoxy) is 2. The Kier molecular flexibility index (Phi) is 7.44. The fourth-order valence-electron chi connectivity index (χ4n) is 2.78. The summed E-state index contributed by atoms with van der Waals surface area (Å²) in [5.74, 6) is -0.100. The number of carbonyl (C=O) groups excluding carboxylic acids is 1. The van der Waals surface area contributed by atoms with Crippen LogP contribution in [0.25, 0.3) is 11.1 Å². The minimum atomic E-state index is -0.100. The van der Waals surface area contributed by atoms with E-state index in [1.54, 1.807) is 14.2 Å². The summed E-state index contributed by atoms with van der Waals surface area (Å²) in [4.78, 5) is 13.6. The van der Waals surface area contributed by atoms with Gasteiger partial charge in [-0.1, -0.05) is 12.1 Å². The lowest BCUT2D eigenvalue weighted by Crippen LogP contribution is -2.31. The zero-order valence-corrected chi connectivity index (χ0v) is 15.6. The molecule has 1 amide bonds. The first kappa shape index (κ1) is 19.8. The van der Waals surface area contributed by atoms with Gasteiger partial charge in [0, 0.05) is 56.9 Å². The Morgan fingerprint density at radius 3 is 2.38 bits per heavy atom. The van der Waals surface area contributed by atoms with Gasteiger partial charge in [-0.25, -0.2) is 0 Å². The van der Waals surface area contributed by atoms with Gasteiger partial charge in [0.1, 0.15) is 0 Å². The first-order valence-electron chi connectivity index (χ1n) is 8.55. The summed E-state index contributed by atoms with van der Waals surface area (Å²) in [5.41, 5.74) is 10.5. The van der Waals surface area contributed by atoms with Crippen molar-refractivity contribution >= 4 is 23.0 Å². The predicted octanol–water partition coefficient (Wildman–Crippen LogP) is 2.99. The van der Waals surface area contributed by atoms with Crippen molar-refractivity contribution in [3.05, 3.63) is 42.5 Å². The molecule has 0 aliphatic heterocycles. The van der Waals surface area contributed by atoms with Crippen molar-refractivity contribution in [2.45, 2.75) is 6.92 Å². The van der Waals surface area contributed by atoms with Crippen molar-refractivity contribution in [2.24, 2.45) is 0 Å². The van der Waals surface area contributed by atoms with Crippen LogP contribution < -0.4 is 16.0 Å². The highest BCUT2D eigenvalue weighted by atomic mass is 16.5. The lowest BCUT2D eigenvalue weighted by Gasteiger charge is -2.27. The Bertz CT molecular complexity index is 726. The van der Waals surface area contributed by atoms with Gasteiger partial charge in [-0.2, -0.15) is 0 Å². The van der Waals surface area contributed by atoms with Crippen LogP contribution in [0.2, 0.25) is 0 Å². The number of nitrogens with two attached hydrogens (primary N) is 1. The summed E-state index contributed by atoms with van der Waals surface area (Å²) in [6.45, 7) is 4.19. The van der Waals surface area contributed by atoms with E-state index in [9.17, 15) is 4.79 Å². The molecule has 26 heavy (non-hydrogen) atoms. The number of methoxy groups -OCH3 is 2. The number of hydrogen-bond donors (Lipinski definition) is 2. The van der Waals surface area contributed by atoms with E-state index in [-0.39, 0.29) is 5.91 Å². The topological polar surface area (TPSA) is 76.8 Å². The maximum absolute atomic E-state index is 11.4. The number of nitrogen functional groups attached to an aromatic ring is 1. The van der Waals surface area contributed by atoms with Crippen molar-refractivity contribution in [3.63, 3.8) is 0 Å². The van der Waals surface area contributed by atoms with Crippen LogP contribution in [-0.4, -0.2) is 46.4 Å². The first-order valence-corrected chi connectivity index (χ1v) is 8.55. The SMILES string of the molecule is COCCN(CCOC)c1ccc(N)cc1-c1cccc(NC(C)=O)c1. The van der Waals surface area contributed by atoms with Crippen molar-refractivity contribution in [3.8, 4) is 11.1 Å². The smallest absolute Gasteiger partial charge is 0.221 e. The second-order valence-corrected chi connectivity index (χ2v) is 6.01. The highest BCUT2D eigenvalue weighted by molar-refractivity contribution is 5.90. The van der Waals surface area contributed by atoms with E-state index in [0.29, 0.717) is 18.9 Å². The van der Waals surface area contributed by atoms with Gasteiger partial charge in [-0.05, 0) is 35.9 Å². The highest BCUT2D eigenvalue weighted by Crippen LogP contribution is 2.34.